The zero-order valence-electron chi connectivity index (χ0n) is 13.0. The molecule has 1 aliphatic heterocycles. The third kappa shape index (κ3) is 5.05. The minimum absolute atomic E-state index is 0.0577. The molecule has 22 heavy (non-hydrogen) atoms. The average molecular weight is 321 g/mol. The molecule has 1 atom stereocenters. The molecule has 5 heteroatoms. The van der Waals surface area contributed by atoms with E-state index in [4.69, 9.17) is 4.74 Å². The van der Waals surface area contributed by atoms with Gasteiger partial charge in [0, 0.05) is 30.5 Å². The molecule has 0 saturated carbocycles. The second kappa shape index (κ2) is 8.83. The van der Waals surface area contributed by atoms with Gasteiger partial charge in [-0.3, -0.25) is 9.59 Å². The highest BCUT2D eigenvalue weighted by Gasteiger charge is 2.22. The van der Waals surface area contributed by atoms with Crippen molar-refractivity contribution in [3.8, 4) is 0 Å². The first-order valence-corrected chi connectivity index (χ1v) is 8.85. The highest BCUT2D eigenvalue weighted by molar-refractivity contribution is 7.99. The van der Waals surface area contributed by atoms with Crippen molar-refractivity contribution < 1.29 is 14.3 Å². The van der Waals surface area contributed by atoms with Gasteiger partial charge in [-0.1, -0.05) is 30.3 Å². The van der Waals surface area contributed by atoms with Crippen molar-refractivity contribution in [1.82, 2.24) is 4.90 Å². The van der Waals surface area contributed by atoms with Gasteiger partial charge in [-0.25, -0.2) is 0 Å². The third-order valence-electron chi connectivity index (χ3n) is 3.71. The van der Waals surface area contributed by atoms with E-state index in [9.17, 15) is 9.59 Å². The number of ether oxygens (including phenoxy) is 1. The summed E-state index contributed by atoms with van der Waals surface area (Å²) < 4.78 is 4.87. The highest BCUT2D eigenvalue weighted by atomic mass is 32.2. The molecular formula is C17H23NO3S. The normalized spacial score (nSPS) is 18.6. The van der Waals surface area contributed by atoms with Crippen LogP contribution < -0.4 is 0 Å². The van der Waals surface area contributed by atoms with E-state index in [0.29, 0.717) is 11.9 Å². The maximum absolute atomic E-state index is 12.2. The number of amides is 1. The molecule has 1 aromatic rings. The number of benzene rings is 1. The van der Waals surface area contributed by atoms with E-state index in [1.54, 1.807) is 6.92 Å². The Kier molecular flexibility index (Phi) is 6.77. The molecule has 1 aromatic carbocycles. The molecule has 0 radical (unpaired) electrons. The van der Waals surface area contributed by atoms with Gasteiger partial charge in [-0.05, 0) is 18.9 Å². The molecule has 0 aromatic heterocycles. The van der Waals surface area contributed by atoms with Gasteiger partial charge in [-0.2, -0.15) is 11.8 Å². The van der Waals surface area contributed by atoms with Crippen LogP contribution >= 0.6 is 11.8 Å². The molecule has 0 N–H and O–H groups in total. The highest BCUT2D eigenvalue weighted by Crippen LogP contribution is 2.34. The lowest BCUT2D eigenvalue weighted by Crippen LogP contribution is -2.33. The molecule has 1 saturated heterocycles. The fraction of sp³-hybridized carbons (Fsp3) is 0.529. The Balaban J connectivity index is 1.82. The molecule has 1 aliphatic rings. The van der Waals surface area contributed by atoms with E-state index in [0.717, 1.165) is 25.3 Å². The maximum Gasteiger partial charge on any atom is 0.306 e. The van der Waals surface area contributed by atoms with E-state index in [1.807, 2.05) is 22.7 Å². The molecule has 0 bridgehead atoms. The van der Waals surface area contributed by atoms with Crippen LogP contribution in [0.5, 0.6) is 0 Å². The molecule has 4 nitrogen and oxygen atoms in total. The van der Waals surface area contributed by atoms with Crippen LogP contribution in [0.25, 0.3) is 0 Å². The number of esters is 1. The van der Waals surface area contributed by atoms with E-state index >= 15 is 0 Å². The average Bonchev–Trinajstić information content (AvgIpc) is 2.80. The third-order valence-corrected chi connectivity index (χ3v) is 5.04. The first-order chi connectivity index (χ1) is 10.7. The SMILES string of the molecule is CCOC(=O)CCC(=O)N1CCS[C@H](c2ccccc2)CC1. The molecule has 0 spiro atoms. The number of hydrogen-bond donors (Lipinski definition) is 0. The largest absolute Gasteiger partial charge is 0.466 e. The van der Waals surface area contributed by atoms with E-state index in [-0.39, 0.29) is 24.7 Å². The van der Waals surface area contributed by atoms with Crippen LogP contribution in [-0.2, 0) is 14.3 Å². The molecular weight excluding hydrogens is 298 g/mol. The summed E-state index contributed by atoms with van der Waals surface area (Å²) in [4.78, 5) is 25.4. The predicted octanol–water partition coefficient (Wildman–Crippen LogP) is 3.04. The standard InChI is InChI=1S/C17H23NO3S/c1-2-21-17(20)9-8-16(19)18-11-10-15(22-13-12-18)14-6-4-3-5-7-14/h3-7,15H,2,8-13H2,1H3/t15-/m0/s1. The van der Waals surface area contributed by atoms with Crippen LogP contribution in [0.2, 0.25) is 0 Å². The molecule has 120 valence electrons. The number of hydrogen-bond acceptors (Lipinski definition) is 4. The summed E-state index contributed by atoms with van der Waals surface area (Å²) in [6, 6.07) is 10.4. The fourth-order valence-electron chi connectivity index (χ4n) is 2.55. The monoisotopic (exact) mass is 321 g/mol. The number of nitrogens with zero attached hydrogens (tertiary/aromatic N) is 1. The van der Waals surface area contributed by atoms with Crippen LogP contribution in [0.3, 0.4) is 0 Å². The first-order valence-electron chi connectivity index (χ1n) is 7.80. The van der Waals surface area contributed by atoms with Gasteiger partial charge in [0.25, 0.3) is 0 Å². The minimum atomic E-state index is -0.290. The van der Waals surface area contributed by atoms with Crippen molar-refractivity contribution >= 4 is 23.6 Å². The zero-order valence-corrected chi connectivity index (χ0v) is 13.8. The fourth-order valence-corrected chi connectivity index (χ4v) is 3.79. The summed E-state index contributed by atoms with van der Waals surface area (Å²) in [5.41, 5.74) is 1.33. The van der Waals surface area contributed by atoms with Crippen molar-refractivity contribution in [2.24, 2.45) is 0 Å². The Morgan fingerprint density at radius 1 is 1.23 bits per heavy atom. The van der Waals surface area contributed by atoms with Crippen molar-refractivity contribution in [3.05, 3.63) is 35.9 Å². The first kappa shape index (κ1) is 16.9. The Hall–Kier alpha value is -1.49. The quantitative estimate of drug-likeness (QED) is 0.782. The second-order valence-corrected chi connectivity index (χ2v) is 6.56. The van der Waals surface area contributed by atoms with Gasteiger partial charge in [0.2, 0.25) is 5.91 Å². The lowest BCUT2D eigenvalue weighted by molar-refractivity contribution is -0.145. The smallest absolute Gasteiger partial charge is 0.306 e. The van der Waals surface area contributed by atoms with Crippen molar-refractivity contribution in [3.63, 3.8) is 0 Å². The zero-order chi connectivity index (χ0) is 15.8. The van der Waals surface area contributed by atoms with Crippen molar-refractivity contribution in [1.29, 1.82) is 0 Å². The van der Waals surface area contributed by atoms with Crippen LogP contribution in [0.15, 0.2) is 30.3 Å². The molecule has 0 unspecified atom stereocenters. The molecule has 1 amide bonds. The topological polar surface area (TPSA) is 46.6 Å². The van der Waals surface area contributed by atoms with Gasteiger partial charge in [0.1, 0.15) is 0 Å². The lowest BCUT2D eigenvalue weighted by Gasteiger charge is -2.20. The Labute approximate surface area is 136 Å². The lowest BCUT2D eigenvalue weighted by atomic mass is 10.1. The van der Waals surface area contributed by atoms with Crippen LogP contribution in [0.4, 0.5) is 0 Å². The number of rotatable bonds is 5. The Bertz CT molecular complexity index is 492. The minimum Gasteiger partial charge on any atom is -0.466 e. The summed E-state index contributed by atoms with van der Waals surface area (Å²) in [5.74, 6) is 0.703. The summed E-state index contributed by atoms with van der Waals surface area (Å²) in [7, 11) is 0. The van der Waals surface area contributed by atoms with Gasteiger partial charge in [-0.15, -0.1) is 0 Å². The van der Waals surface area contributed by atoms with Gasteiger partial charge >= 0.3 is 5.97 Å². The maximum atomic E-state index is 12.2. The molecule has 1 fully saturated rings. The van der Waals surface area contributed by atoms with Gasteiger partial charge in [0.05, 0.1) is 13.0 Å². The number of thioether (sulfide) groups is 1. The van der Waals surface area contributed by atoms with Crippen molar-refractivity contribution in [2.45, 2.75) is 31.4 Å². The second-order valence-electron chi connectivity index (χ2n) is 5.24. The van der Waals surface area contributed by atoms with Gasteiger partial charge in [0.15, 0.2) is 0 Å². The summed E-state index contributed by atoms with van der Waals surface area (Å²) in [6.07, 6.45) is 1.39. The molecule has 2 rings (SSSR count). The predicted molar refractivity (Wildman–Crippen MR) is 88.7 cm³/mol. The number of carbonyl (C=O) groups is 2. The van der Waals surface area contributed by atoms with Crippen LogP contribution in [0, 0.1) is 0 Å². The molecule has 1 heterocycles. The van der Waals surface area contributed by atoms with E-state index in [1.165, 1.54) is 5.56 Å². The summed E-state index contributed by atoms with van der Waals surface area (Å²) in [6.45, 7) is 3.66. The number of carbonyl (C=O) groups excluding carboxylic acids is 2. The van der Waals surface area contributed by atoms with Crippen LogP contribution in [0.1, 0.15) is 37.0 Å². The Morgan fingerprint density at radius 2 is 2.00 bits per heavy atom. The van der Waals surface area contributed by atoms with Crippen molar-refractivity contribution in [2.75, 3.05) is 25.4 Å². The van der Waals surface area contributed by atoms with E-state index in [2.05, 4.69) is 24.3 Å². The van der Waals surface area contributed by atoms with Gasteiger partial charge < -0.3 is 9.64 Å². The molecule has 0 aliphatic carbocycles. The summed E-state index contributed by atoms with van der Waals surface area (Å²) >= 11 is 1.91. The van der Waals surface area contributed by atoms with E-state index < -0.39 is 0 Å². The Morgan fingerprint density at radius 3 is 2.73 bits per heavy atom. The summed E-state index contributed by atoms with van der Waals surface area (Å²) in [5, 5.41) is 0.448. The van der Waals surface area contributed by atoms with Crippen LogP contribution in [-0.4, -0.2) is 42.2 Å².